The second-order valence-corrected chi connectivity index (χ2v) is 3.83. The number of carboxylic acids is 1. The molecule has 1 aromatic carbocycles. The molecule has 0 bridgehead atoms. The van der Waals surface area contributed by atoms with Gasteiger partial charge in [0, 0.05) is 11.0 Å². The van der Waals surface area contributed by atoms with Crippen molar-refractivity contribution in [3.63, 3.8) is 0 Å². The molecular weight excluding hydrogens is 234 g/mol. The molecule has 1 aliphatic rings. The van der Waals surface area contributed by atoms with Gasteiger partial charge in [0.2, 0.25) is 0 Å². The molecule has 4 heteroatoms. The number of rotatable bonds is 1. The van der Waals surface area contributed by atoms with E-state index in [0.29, 0.717) is 5.56 Å². The van der Waals surface area contributed by atoms with Crippen LogP contribution in [0.5, 0.6) is 0 Å². The summed E-state index contributed by atoms with van der Waals surface area (Å²) in [5.74, 6) is -0.879. The lowest BCUT2D eigenvalue weighted by Crippen LogP contribution is -1.97. The number of aromatic carboxylic acids is 1. The van der Waals surface area contributed by atoms with Crippen LogP contribution in [0.1, 0.15) is 15.9 Å². The normalized spacial score (nSPS) is 13.6. The molecule has 0 saturated heterocycles. The molecule has 1 aliphatic heterocycles. The predicted octanol–water partition coefficient (Wildman–Crippen LogP) is 2.12. The molecule has 0 aromatic heterocycles. The lowest BCUT2D eigenvalue weighted by molar-refractivity contribution is 0.0696. The zero-order valence-electron chi connectivity index (χ0n) is 6.80. The van der Waals surface area contributed by atoms with E-state index in [1.54, 1.807) is 12.1 Å². The molecule has 0 amide bonds. The number of benzene rings is 1. The molecule has 0 atom stereocenters. The molecule has 1 heterocycles. The number of anilines is 1. The van der Waals surface area contributed by atoms with Crippen molar-refractivity contribution in [3.05, 3.63) is 27.7 Å². The maximum atomic E-state index is 10.7. The molecule has 0 radical (unpaired) electrons. The van der Waals surface area contributed by atoms with Gasteiger partial charge in [0.05, 0.1) is 11.3 Å². The summed E-state index contributed by atoms with van der Waals surface area (Å²) in [6.45, 7) is 0.886. The van der Waals surface area contributed by atoms with Gasteiger partial charge in [0.1, 0.15) is 0 Å². The highest BCUT2D eigenvalue weighted by atomic mass is 79.9. The fourth-order valence-corrected chi connectivity index (χ4v) is 2.15. The molecule has 0 saturated carbocycles. The molecule has 0 spiro atoms. The number of hydrogen-bond acceptors (Lipinski definition) is 2. The van der Waals surface area contributed by atoms with Crippen LogP contribution in [0.4, 0.5) is 5.69 Å². The van der Waals surface area contributed by atoms with E-state index in [1.165, 1.54) is 0 Å². The van der Waals surface area contributed by atoms with E-state index >= 15 is 0 Å². The quantitative estimate of drug-likeness (QED) is 0.792. The molecule has 13 heavy (non-hydrogen) atoms. The van der Waals surface area contributed by atoms with Crippen molar-refractivity contribution in [1.29, 1.82) is 0 Å². The maximum Gasteiger partial charge on any atom is 0.335 e. The van der Waals surface area contributed by atoms with Crippen molar-refractivity contribution >= 4 is 27.6 Å². The Hall–Kier alpha value is -1.03. The van der Waals surface area contributed by atoms with Crippen molar-refractivity contribution in [1.82, 2.24) is 0 Å². The highest BCUT2D eigenvalue weighted by Gasteiger charge is 2.16. The van der Waals surface area contributed by atoms with Gasteiger partial charge in [0.15, 0.2) is 0 Å². The summed E-state index contributed by atoms with van der Waals surface area (Å²) in [5, 5.41) is 12.0. The molecule has 0 aliphatic carbocycles. The standard InChI is InChI=1S/C9H8BrNO2/c10-7-4-6(9(12)13)3-5-1-2-11-8(5)7/h3-4,11H,1-2H2,(H,12,13). The summed E-state index contributed by atoms with van der Waals surface area (Å²) >= 11 is 3.34. The van der Waals surface area contributed by atoms with Gasteiger partial charge in [-0.2, -0.15) is 0 Å². The Morgan fingerprint density at radius 2 is 2.31 bits per heavy atom. The molecule has 1 aromatic rings. The zero-order valence-corrected chi connectivity index (χ0v) is 8.39. The minimum Gasteiger partial charge on any atom is -0.478 e. The third-order valence-corrected chi connectivity index (χ3v) is 2.74. The van der Waals surface area contributed by atoms with Crippen LogP contribution in [-0.2, 0) is 6.42 Å². The van der Waals surface area contributed by atoms with Gasteiger partial charge in [-0.15, -0.1) is 0 Å². The monoisotopic (exact) mass is 241 g/mol. The van der Waals surface area contributed by atoms with Gasteiger partial charge in [-0.25, -0.2) is 4.79 Å². The molecule has 0 unspecified atom stereocenters. The van der Waals surface area contributed by atoms with Crippen LogP contribution in [-0.4, -0.2) is 17.6 Å². The van der Waals surface area contributed by atoms with E-state index in [1.807, 2.05) is 0 Å². The Morgan fingerprint density at radius 1 is 1.54 bits per heavy atom. The van der Waals surface area contributed by atoms with Crippen molar-refractivity contribution in [3.8, 4) is 0 Å². The SMILES string of the molecule is O=C(O)c1cc(Br)c2c(c1)CCN2. The minimum absolute atomic E-state index is 0.342. The number of nitrogens with one attached hydrogen (secondary N) is 1. The van der Waals surface area contributed by atoms with Crippen molar-refractivity contribution in [2.45, 2.75) is 6.42 Å². The molecule has 2 rings (SSSR count). The Bertz CT molecular complexity index is 376. The van der Waals surface area contributed by atoms with Crippen molar-refractivity contribution in [2.75, 3.05) is 11.9 Å². The average molecular weight is 242 g/mol. The summed E-state index contributed by atoms with van der Waals surface area (Å²) in [6, 6.07) is 3.35. The first-order chi connectivity index (χ1) is 6.18. The van der Waals surface area contributed by atoms with Crippen LogP contribution in [0.3, 0.4) is 0 Å². The van der Waals surface area contributed by atoms with Crippen molar-refractivity contribution < 1.29 is 9.90 Å². The average Bonchev–Trinajstić information content (AvgIpc) is 2.51. The zero-order chi connectivity index (χ0) is 9.42. The summed E-state index contributed by atoms with van der Waals surface area (Å²) in [5.41, 5.74) is 2.45. The predicted molar refractivity (Wildman–Crippen MR) is 53.3 cm³/mol. The van der Waals surface area contributed by atoms with Gasteiger partial charge >= 0.3 is 5.97 Å². The Kier molecular flexibility index (Phi) is 2.00. The first-order valence-corrected chi connectivity index (χ1v) is 4.77. The Morgan fingerprint density at radius 3 is 3.00 bits per heavy atom. The lowest BCUT2D eigenvalue weighted by atomic mass is 10.1. The first-order valence-electron chi connectivity index (χ1n) is 3.98. The number of carboxylic acid groups (broad SMARTS) is 1. The smallest absolute Gasteiger partial charge is 0.335 e. The van der Waals surface area contributed by atoms with Gasteiger partial charge in [0.25, 0.3) is 0 Å². The molecule has 0 fully saturated rings. The van der Waals surface area contributed by atoms with Crippen LogP contribution < -0.4 is 5.32 Å². The van der Waals surface area contributed by atoms with Gasteiger partial charge < -0.3 is 10.4 Å². The minimum atomic E-state index is -0.879. The third-order valence-electron chi connectivity index (χ3n) is 2.11. The van der Waals surface area contributed by atoms with Crippen LogP contribution in [0, 0.1) is 0 Å². The first kappa shape index (κ1) is 8.56. The fraction of sp³-hybridized carbons (Fsp3) is 0.222. The molecule has 68 valence electrons. The highest BCUT2D eigenvalue weighted by molar-refractivity contribution is 9.10. The van der Waals surface area contributed by atoms with Crippen LogP contribution >= 0.6 is 15.9 Å². The van der Waals surface area contributed by atoms with E-state index in [-0.39, 0.29) is 0 Å². The second kappa shape index (κ2) is 3.03. The topological polar surface area (TPSA) is 49.3 Å². The fourth-order valence-electron chi connectivity index (χ4n) is 1.50. The van der Waals surface area contributed by atoms with Crippen LogP contribution in [0.2, 0.25) is 0 Å². The van der Waals surface area contributed by atoms with Crippen molar-refractivity contribution in [2.24, 2.45) is 0 Å². The summed E-state index contributed by atoms with van der Waals surface area (Å²) in [4.78, 5) is 10.7. The maximum absolute atomic E-state index is 10.7. The van der Waals surface area contributed by atoms with Gasteiger partial charge in [-0.05, 0) is 40.0 Å². The lowest BCUT2D eigenvalue weighted by Gasteiger charge is -2.04. The Labute approximate surface area is 83.9 Å². The summed E-state index contributed by atoms with van der Waals surface area (Å²) in [6.07, 6.45) is 0.898. The molecule has 3 nitrogen and oxygen atoms in total. The molecular formula is C9H8BrNO2. The number of carbonyl (C=O) groups is 1. The van der Waals surface area contributed by atoms with Gasteiger partial charge in [-0.1, -0.05) is 0 Å². The number of halogens is 1. The number of fused-ring (bicyclic) bond motifs is 1. The van der Waals surface area contributed by atoms with Crippen LogP contribution in [0.25, 0.3) is 0 Å². The summed E-state index contributed by atoms with van der Waals surface area (Å²) in [7, 11) is 0. The van der Waals surface area contributed by atoms with E-state index in [4.69, 9.17) is 5.11 Å². The highest BCUT2D eigenvalue weighted by Crippen LogP contribution is 2.32. The van der Waals surface area contributed by atoms with E-state index < -0.39 is 5.97 Å². The van der Waals surface area contributed by atoms with E-state index in [9.17, 15) is 4.79 Å². The molecule has 2 N–H and O–H groups in total. The van der Waals surface area contributed by atoms with E-state index in [0.717, 1.165) is 28.7 Å². The second-order valence-electron chi connectivity index (χ2n) is 2.97. The largest absolute Gasteiger partial charge is 0.478 e. The van der Waals surface area contributed by atoms with Gasteiger partial charge in [-0.3, -0.25) is 0 Å². The Balaban J connectivity index is 2.55. The number of hydrogen-bond donors (Lipinski definition) is 2. The summed E-state index contributed by atoms with van der Waals surface area (Å²) < 4.78 is 0.833. The van der Waals surface area contributed by atoms with E-state index in [2.05, 4.69) is 21.2 Å². The third kappa shape index (κ3) is 1.42. The van der Waals surface area contributed by atoms with Crippen LogP contribution in [0.15, 0.2) is 16.6 Å².